The minimum Gasteiger partial charge on any atom is -0.497 e. The molecule has 0 fully saturated rings. The number of amides is 1. The number of methoxy groups -OCH3 is 2. The Morgan fingerprint density at radius 1 is 1.21 bits per heavy atom. The molecule has 0 aliphatic carbocycles. The number of hydrogen-bond acceptors (Lipinski definition) is 6. The number of ether oxygens (including phenoxy) is 3. The molecule has 0 saturated heterocycles. The predicted octanol–water partition coefficient (Wildman–Crippen LogP) is 2.96. The third-order valence-electron chi connectivity index (χ3n) is 4.71. The van der Waals surface area contributed by atoms with Gasteiger partial charge in [-0.05, 0) is 29.8 Å². The Labute approximate surface area is 166 Å². The summed E-state index contributed by atoms with van der Waals surface area (Å²) < 4.78 is 31.1. The summed E-state index contributed by atoms with van der Waals surface area (Å²) in [6.45, 7) is 0.546. The summed E-state index contributed by atoms with van der Waals surface area (Å²) in [5, 5.41) is 10.9. The van der Waals surface area contributed by atoms with E-state index in [9.17, 15) is 9.18 Å². The summed E-state index contributed by atoms with van der Waals surface area (Å²) in [5.41, 5.74) is 2.08. The van der Waals surface area contributed by atoms with Gasteiger partial charge in [0.05, 0.1) is 38.8 Å². The van der Waals surface area contributed by atoms with Gasteiger partial charge in [0.15, 0.2) is 5.69 Å². The lowest BCUT2D eigenvalue weighted by Crippen LogP contribution is -2.24. The van der Waals surface area contributed by atoms with E-state index < -0.39 is 5.91 Å². The highest BCUT2D eigenvalue weighted by Gasteiger charge is 2.28. The van der Waals surface area contributed by atoms with E-state index in [2.05, 4.69) is 15.6 Å². The van der Waals surface area contributed by atoms with Crippen LogP contribution >= 0.6 is 0 Å². The van der Waals surface area contributed by atoms with E-state index in [0.29, 0.717) is 29.4 Å². The van der Waals surface area contributed by atoms with Crippen LogP contribution in [0.1, 0.15) is 27.8 Å². The van der Waals surface area contributed by atoms with Crippen molar-refractivity contribution in [1.82, 2.24) is 15.0 Å². The van der Waals surface area contributed by atoms with Gasteiger partial charge in [0.2, 0.25) is 0 Å². The average molecular weight is 398 g/mol. The van der Waals surface area contributed by atoms with Crippen LogP contribution < -0.4 is 14.8 Å². The molecule has 0 bridgehead atoms. The molecular weight excluding hydrogens is 379 g/mol. The van der Waals surface area contributed by atoms with Crippen molar-refractivity contribution in [2.75, 3.05) is 19.5 Å². The van der Waals surface area contributed by atoms with Crippen LogP contribution in [0.25, 0.3) is 0 Å². The van der Waals surface area contributed by atoms with Gasteiger partial charge in [-0.3, -0.25) is 4.79 Å². The first kappa shape index (κ1) is 18.9. The molecular formula is C20H19FN4O4. The van der Waals surface area contributed by atoms with Crippen molar-refractivity contribution in [2.24, 2.45) is 0 Å². The first-order valence-corrected chi connectivity index (χ1v) is 8.92. The maximum atomic E-state index is 13.1. The van der Waals surface area contributed by atoms with Crippen molar-refractivity contribution in [2.45, 2.75) is 19.3 Å². The van der Waals surface area contributed by atoms with Gasteiger partial charge in [-0.1, -0.05) is 17.3 Å². The summed E-state index contributed by atoms with van der Waals surface area (Å²) >= 11 is 0. The minimum absolute atomic E-state index is 0.164. The SMILES string of the molecule is COc1ccc(NC(=O)c2nnn3c2CO[C@H](c2ccc(F)cc2)C3)c(OC)c1. The van der Waals surface area contributed by atoms with Gasteiger partial charge in [-0.2, -0.15) is 0 Å². The van der Waals surface area contributed by atoms with Crippen LogP contribution in [-0.4, -0.2) is 35.1 Å². The zero-order valence-corrected chi connectivity index (χ0v) is 15.9. The third kappa shape index (κ3) is 3.77. The minimum atomic E-state index is -0.418. The van der Waals surface area contributed by atoms with Crippen molar-refractivity contribution in [1.29, 1.82) is 0 Å². The number of aromatic nitrogens is 3. The standard InChI is InChI=1S/C20H19FN4O4/c1-27-14-7-8-15(17(9-14)28-2)22-20(26)19-16-11-29-18(10-25(16)24-23-19)12-3-5-13(21)6-4-12/h3-9,18H,10-11H2,1-2H3,(H,22,26)/t18-/m0/s1. The molecule has 0 radical (unpaired) electrons. The summed E-state index contributed by atoms with van der Waals surface area (Å²) in [6.07, 6.45) is -0.289. The lowest BCUT2D eigenvalue weighted by molar-refractivity contribution is -0.00174. The molecule has 2 heterocycles. The van der Waals surface area contributed by atoms with Crippen LogP contribution in [0.3, 0.4) is 0 Å². The van der Waals surface area contributed by atoms with Crippen LogP contribution in [0.15, 0.2) is 42.5 Å². The van der Waals surface area contributed by atoms with Gasteiger partial charge < -0.3 is 19.5 Å². The van der Waals surface area contributed by atoms with E-state index in [1.807, 2.05) is 0 Å². The van der Waals surface area contributed by atoms with Crippen LogP contribution in [0, 0.1) is 5.82 Å². The van der Waals surface area contributed by atoms with E-state index in [4.69, 9.17) is 14.2 Å². The first-order chi connectivity index (χ1) is 14.1. The molecule has 3 aromatic rings. The number of hydrogen-bond donors (Lipinski definition) is 1. The lowest BCUT2D eigenvalue weighted by atomic mass is 10.1. The predicted molar refractivity (Wildman–Crippen MR) is 101 cm³/mol. The van der Waals surface area contributed by atoms with Gasteiger partial charge in [0, 0.05) is 6.07 Å². The van der Waals surface area contributed by atoms with Crippen molar-refractivity contribution in [3.05, 3.63) is 65.2 Å². The molecule has 1 aliphatic heterocycles. The third-order valence-corrected chi connectivity index (χ3v) is 4.71. The Morgan fingerprint density at radius 2 is 2.00 bits per heavy atom. The molecule has 1 atom stereocenters. The Morgan fingerprint density at radius 3 is 2.72 bits per heavy atom. The van der Waals surface area contributed by atoms with Gasteiger partial charge in [0.25, 0.3) is 5.91 Å². The summed E-state index contributed by atoms with van der Waals surface area (Å²) in [4.78, 5) is 12.7. The Kier molecular flexibility index (Phi) is 5.13. The van der Waals surface area contributed by atoms with E-state index in [-0.39, 0.29) is 24.2 Å². The number of carbonyl (C=O) groups excluding carboxylic acids is 1. The van der Waals surface area contributed by atoms with Crippen LogP contribution in [0.4, 0.5) is 10.1 Å². The second-order valence-corrected chi connectivity index (χ2v) is 6.44. The fourth-order valence-electron chi connectivity index (χ4n) is 3.15. The maximum Gasteiger partial charge on any atom is 0.278 e. The largest absolute Gasteiger partial charge is 0.497 e. The molecule has 2 aromatic carbocycles. The number of fused-ring (bicyclic) bond motifs is 1. The van der Waals surface area contributed by atoms with Crippen molar-refractivity contribution in [3.63, 3.8) is 0 Å². The summed E-state index contributed by atoms with van der Waals surface area (Å²) in [5.74, 6) is 0.352. The molecule has 9 heteroatoms. The Balaban J connectivity index is 1.52. The van der Waals surface area contributed by atoms with Crippen LogP contribution in [0.2, 0.25) is 0 Å². The zero-order valence-electron chi connectivity index (χ0n) is 15.9. The van der Waals surface area contributed by atoms with E-state index in [1.54, 1.807) is 42.1 Å². The zero-order chi connectivity index (χ0) is 20.4. The molecule has 0 spiro atoms. The molecule has 8 nitrogen and oxygen atoms in total. The van der Waals surface area contributed by atoms with Crippen molar-refractivity contribution < 1.29 is 23.4 Å². The van der Waals surface area contributed by atoms with Gasteiger partial charge >= 0.3 is 0 Å². The quantitative estimate of drug-likeness (QED) is 0.711. The molecule has 150 valence electrons. The highest BCUT2D eigenvalue weighted by molar-refractivity contribution is 6.04. The van der Waals surface area contributed by atoms with Gasteiger partial charge in [-0.15, -0.1) is 5.10 Å². The molecule has 1 aliphatic rings. The number of benzene rings is 2. The van der Waals surface area contributed by atoms with Crippen molar-refractivity contribution >= 4 is 11.6 Å². The number of halogens is 1. The second-order valence-electron chi connectivity index (χ2n) is 6.44. The fraction of sp³-hybridized carbons (Fsp3) is 0.250. The summed E-state index contributed by atoms with van der Waals surface area (Å²) in [6, 6.07) is 11.2. The van der Waals surface area contributed by atoms with E-state index in [0.717, 1.165) is 5.56 Å². The summed E-state index contributed by atoms with van der Waals surface area (Å²) in [7, 11) is 3.06. The highest BCUT2D eigenvalue weighted by Crippen LogP contribution is 2.30. The van der Waals surface area contributed by atoms with Crippen LogP contribution in [-0.2, 0) is 17.9 Å². The molecule has 1 N–H and O–H groups in total. The Bertz CT molecular complexity index is 1040. The topological polar surface area (TPSA) is 87.5 Å². The number of anilines is 1. The molecule has 1 amide bonds. The smallest absolute Gasteiger partial charge is 0.278 e. The lowest BCUT2D eigenvalue weighted by Gasteiger charge is -2.24. The maximum absolute atomic E-state index is 13.1. The van der Waals surface area contributed by atoms with Crippen molar-refractivity contribution in [3.8, 4) is 11.5 Å². The van der Waals surface area contributed by atoms with Gasteiger partial charge in [0.1, 0.15) is 23.4 Å². The number of nitrogens with one attached hydrogen (secondary N) is 1. The number of carbonyl (C=O) groups is 1. The number of nitrogens with zero attached hydrogens (tertiary/aromatic N) is 3. The van der Waals surface area contributed by atoms with Gasteiger partial charge in [-0.25, -0.2) is 9.07 Å². The molecule has 1 aromatic heterocycles. The first-order valence-electron chi connectivity index (χ1n) is 8.92. The normalized spacial score (nSPS) is 15.5. The molecule has 0 unspecified atom stereocenters. The highest BCUT2D eigenvalue weighted by atomic mass is 19.1. The fourth-order valence-corrected chi connectivity index (χ4v) is 3.15. The molecule has 29 heavy (non-hydrogen) atoms. The van der Waals surface area contributed by atoms with E-state index in [1.165, 1.54) is 19.2 Å². The molecule has 0 saturated carbocycles. The monoisotopic (exact) mass is 398 g/mol. The van der Waals surface area contributed by atoms with Crippen LogP contribution in [0.5, 0.6) is 11.5 Å². The second kappa shape index (κ2) is 7.88. The number of rotatable bonds is 5. The van der Waals surface area contributed by atoms with E-state index >= 15 is 0 Å². The molecule has 4 rings (SSSR count). The average Bonchev–Trinajstić information content (AvgIpc) is 3.18. The Hall–Kier alpha value is -3.46.